The van der Waals surface area contributed by atoms with E-state index in [1.165, 1.54) is 0 Å². The van der Waals surface area contributed by atoms with Crippen LogP contribution in [0.5, 0.6) is 5.75 Å². The molecule has 0 aliphatic heterocycles. The van der Waals surface area contributed by atoms with E-state index in [2.05, 4.69) is 6.92 Å². The molecule has 1 atom stereocenters. The molecule has 3 nitrogen and oxygen atoms in total. The summed E-state index contributed by atoms with van der Waals surface area (Å²) in [7, 11) is -3.13. The lowest BCUT2D eigenvalue weighted by Gasteiger charge is -2.19. The van der Waals surface area contributed by atoms with E-state index in [0.29, 0.717) is 28.6 Å². The zero-order valence-corrected chi connectivity index (χ0v) is 15.0. The molecule has 6 heteroatoms. The highest BCUT2D eigenvalue weighted by molar-refractivity contribution is 7.54. The van der Waals surface area contributed by atoms with E-state index in [1.54, 1.807) is 18.2 Å². The smallest absolute Gasteiger partial charge is 0.379 e. The van der Waals surface area contributed by atoms with E-state index in [0.717, 1.165) is 32.1 Å². The number of hydrogen-bond acceptors (Lipinski definition) is 3. The molecule has 1 rings (SSSR count). The highest BCUT2D eigenvalue weighted by atomic mass is 35.5. The summed E-state index contributed by atoms with van der Waals surface area (Å²) in [6, 6.07) is 4.85. The Morgan fingerprint density at radius 3 is 2.38 bits per heavy atom. The lowest BCUT2D eigenvalue weighted by atomic mass is 10.3. The highest BCUT2D eigenvalue weighted by Crippen LogP contribution is 2.49. The Balaban J connectivity index is 2.71. The van der Waals surface area contributed by atoms with Gasteiger partial charge in [-0.25, -0.2) is 4.57 Å². The average Bonchev–Trinajstić information content (AvgIpc) is 2.46. The van der Waals surface area contributed by atoms with Gasteiger partial charge in [0.2, 0.25) is 0 Å². The fraction of sp³-hybridized carbons (Fsp3) is 0.600. The maximum Gasteiger partial charge on any atom is 0.379 e. The van der Waals surface area contributed by atoms with Gasteiger partial charge in [-0.3, -0.25) is 4.52 Å². The topological polar surface area (TPSA) is 35.5 Å². The molecule has 0 N–H and O–H groups in total. The van der Waals surface area contributed by atoms with Gasteiger partial charge >= 0.3 is 7.60 Å². The third-order valence-electron chi connectivity index (χ3n) is 2.96. The molecule has 0 aliphatic carbocycles. The Labute approximate surface area is 137 Å². The zero-order chi connectivity index (χ0) is 15.7. The predicted octanol–water partition coefficient (Wildman–Crippen LogP) is 6.57. The lowest BCUT2D eigenvalue weighted by Crippen LogP contribution is -2.04. The molecular formula is C15H23Cl2O3P. The number of benzene rings is 1. The van der Waals surface area contributed by atoms with Crippen LogP contribution in [0.4, 0.5) is 0 Å². The summed E-state index contributed by atoms with van der Waals surface area (Å²) >= 11 is 11.8. The minimum Gasteiger partial charge on any atom is -0.424 e. The van der Waals surface area contributed by atoms with Crippen LogP contribution in [0.1, 0.15) is 46.0 Å². The van der Waals surface area contributed by atoms with Crippen LogP contribution in [0.15, 0.2) is 18.2 Å². The summed E-state index contributed by atoms with van der Waals surface area (Å²) in [4.78, 5) is 0. The van der Waals surface area contributed by atoms with Crippen molar-refractivity contribution < 1.29 is 13.6 Å². The SMILES string of the molecule is CCCCCOP(=O)(CCCC)Oc1ccc(Cl)c(Cl)c1. The zero-order valence-electron chi connectivity index (χ0n) is 12.6. The molecule has 0 fully saturated rings. The largest absolute Gasteiger partial charge is 0.424 e. The van der Waals surface area contributed by atoms with Crippen molar-refractivity contribution in [2.24, 2.45) is 0 Å². The molecule has 0 saturated heterocycles. The molecule has 0 amide bonds. The van der Waals surface area contributed by atoms with Gasteiger partial charge in [0.25, 0.3) is 0 Å². The molecule has 0 spiro atoms. The average molecular weight is 353 g/mol. The number of unbranched alkanes of at least 4 members (excludes halogenated alkanes) is 3. The molecule has 120 valence electrons. The first-order chi connectivity index (χ1) is 10.0. The van der Waals surface area contributed by atoms with E-state index in [9.17, 15) is 4.57 Å². The Morgan fingerprint density at radius 1 is 1.05 bits per heavy atom. The normalized spacial score (nSPS) is 13.9. The minimum absolute atomic E-state index is 0.377. The third-order valence-corrected chi connectivity index (χ3v) is 5.62. The van der Waals surface area contributed by atoms with Crippen molar-refractivity contribution in [1.29, 1.82) is 0 Å². The van der Waals surface area contributed by atoms with Crippen molar-refractivity contribution in [2.45, 2.75) is 46.0 Å². The summed E-state index contributed by atoms with van der Waals surface area (Å²) in [6.07, 6.45) is 5.18. The predicted molar refractivity (Wildman–Crippen MR) is 89.9 cm³/mol. The van der Waals surface area contributed by atoms with Gasteiger partial charge in [-0.05, 0) is 25.0 Å². The van der Waals surface area contributed by atoms with E-state index in [1.807, 2.05) is 6.92 Å². The van der Waals surface area contributed by atoms with Crippen LogP contribution in [0.3, 0.4) is 0 Å². The second kappa shape index (κ2) is 9.74. The van der Waals surface area contributed by atoms with Gasteiger partial charge < -0.3 is 4.52 Å². The van der Waals surface area contributed by atoms with Gasteiger partial charge in [0, 0.05) is 6.07 Å². The lowest BCUT2D eigenvalue weighted by molar-refractivity contribution is 0.258. The van der Waals surface area contributed by atoms with Crippen molar-refractivity contribution in [3.05, 3.63) is 28.2 Å². The molecule has 0 aliphatic rings. The van der Waals surface area contributed by atoms with Crippen molar-refractivity contribution in [3.63, 3.8) is 0 Å². The van der Waals surface area contributed by atoms with E-state index >= 15 is 0 Å². The molecule has 0 radical (unpaired) electrons. The second-order valence-electron chi connectivity index (χ2n) is 4.90. The van der Waals surface area contributed by atoms with Crippen LogP contribution >= 0.6 is 30.8 Å². The second-order valence-corrected chi connectivity index (χ2v) is 7.82. The molecular weight excluding hydrogens is 330 g/mol. The highest BCUT2D eigenvalue weighted by Gasteiger charge is 2.25. The summed E-state index contributed by atoms with van der Waals surface area (Å²) < 4.78 is 24.0. The van der Waals surface area contributed by atoms with Gasteiger partial charge in [0.05, 0.1) is 22.8 Å². The fourth-order valence-corrected chi connectivity index (χ4v) is 3.84. The molecule has 0 heterocycles. The maximum atomic E-state index is 12.8. The Bertz CT molecular complexity index is 480. The van der Waals surface area contributed by atoms with Crippen molar-refractivity contribution >= 4 is 30.8 Å². The standard InChI is InChI=1S/C15H23Cl2O3P/c1-3-5-7-10-19-21(18,11-6-4-2)20-13-8-9-14(16)15(17)12-13/h8-9,12H,3-7,10-11H2,1-2H3. The number of rotatable bonds is 10. The monoisotopic (exact) mass is 352 g/mol. The first kappa shape index (κ1) is 18.8. The van der Waals surface area contributed by atoms with Crippen LogP contribution in [-0.4, -0.2) is 12.8 Å². The van der Waals surface area contributed by atoms with Crippen LogP contribution in [0.2, 0.25) is 10.0 Å². The Kier molecular flexibility index (Phi) is 8.73. The fourth-order valence-electron chi connectivity index (χ4n) is 1.74. The quantitative estimate of drug-likeness (QED) is 0.352. The van der Waals surface area contributed by atoms with Crippen LogP contribution in [0, 0.1) is 0 Å². The molecule has 0 saturated carbocycles. The number of halogens is 2. The summed E-state index contributed by atoms with van der Waals surface area (Å²) in [5.41, 5.74) is 0. The first-order valence-corrected chi connectivity index (χ1v) is 9.87. The van der Waals surface area contributed by atoms with Gasteiger partial charge in [0.15, 0.2) is 0 Å². The Morgan fingerprint density at radius 2 is 1.76 bits per heavy atom. The van der Waals surface area contributed by atoms with Crippen LogP contribution in [-0.2, 0) is 9.09 Å². The maximum absolute atomic E-state index is 12.8. The van der Waals surface area contributed by atoms with Gasteiger partial charge in [0.1, 0.15) is 5.75 Å². The van der Waals surface area contributed by atoms with Crippen LogP contribution < -0.4 is 4.52 Å². The van der Waals surface area contributed by atoms with E-state index in [-0.39, 0.29) is 0 Å². The first-order valence-electron chi connectivity index (χ1n) is 7.39. The number of hydrogen-bond donors (Lipinski definition) is 0. The van der Waals surface area contributed by atoms with Gasteiger partial charge in [-0.15, -0.1) is 0 Å². The summed E-state index contributed by atoms with van der Waals surface area (Å²) in [6.45, 7) is 4.61. The molecule has 0 aromatic heterocycles. The summed E-state index contributed by atoms with van der Waals surface area (Å²) in [5.74, 6) is 0.430. The van der Waals surface area contributed by atoms with Crippen molar-refractivity contribution in [2.75, 3.05) is 12.8 Å². The van der Waals surface area contributed by atoms with Crippen LogP contribution in [0.25, 0.3) is 0 Å². The molecule has 1 unspecified atom stereocenters. The van der Waals surface area contributed by atoms with Crippen molar-refractivity contribution in [1.82, 2.24) is 0 Å². The van der Waals surface area contributed by atoms with Gasteiger partial charge in [-0.1, -0.05) is 56.3 Å². The van der Waals surface area contributed by atoms with Gasteiger partial charge in [-0.2, -0.15) is 0 Å². The van der Waals surface area contributed by atoms with Crippen molar-refractivity contribution in [3.8, 4) is 5.75 Å². The summed E-state index contributed by atoms with van der Waals surface area (Å²) in [5, 5.41) is 0.818. The molecule has 1 aromatic carbocycles. The third kappa shape index (κ3) is 7.06. The van der Waals surface area contributed by atoms with E-state index < -0.39 is 7.60 Å². The van der Waals surface area contributed by atoms with E-state index in [4.69, 9.17) is 32.2 Å². The minimum atomic E-state index is -3.13. The molecule has 21 heavy (non-hydrogen) atoms. The Hall–Kier alpha value is -0.210. The molecule has 0 bridgehead atoms. The molecule has 1 aromatic rings.